The average molecular weight is 334 g/mol. The molecule has 0 spiro atoms. The van der Waals surface area contributed by atoms with Crippen LogP contribution in [0.3, 0.4) is 0 Å². The molecule has 4 nitrogen and oxygen atoms in total. The van der Waals surface area contributed by atoms with Crippen molar-refractivity contribution in [2.75, 3.05) is 26.2 Å². The third-order valence-corrected chi connectivity index (χ3v) is 4.34. The lowest BCUT2D eigenvalue weighted by molar-refractivity contribution is 0.000152. The van der Waals surface area contributed by atoms with Crippen molar-refractivity contribution in [3.63, 3.8) is 0 Å². The van der Waals surface area contributed by atoms with E-state index in [1.807, 2.05) is 6.92 Å². The van der Waals surface area contributed by atoms with E-state index in [0.29, 0.717) is 34.8 Å². The van der Waals surface area contributed by atoms with Crippen molar-refractivity contribution >= 4 is 23.2 Å². The highest BCUT2D eigenvalue weighted by molar-refractivity contribution is 6.34. The van der Waals surface area contributed by atoms with E-state index in [1.54, 1.807) is 18.2 Å². The van der Waals surface area contributed by atoms with Crippen LogP contribution in [0, 0.1) is 5.92 Å². The van der Waals surface area contributed by atoms with Gasteiger partial charge in [0.25, 0.3) is 0 Å². The van der Waals surface area contributed by atoms with Gasteiger partial charge in [0.2, 0.25) is 0 Å². The molecular weight excluding hydrogens is 313 g/mol. The fourth-order valence-electron chi connectivity index (χ4n) is 2.40. The Hall–Kier alpha value is -0.520. The molecule has 3 atom stereocenters. The summed E-state index contributed by atoms with van der Waals surface area (Å²) in [5.74, 6) is 0.787. The van der Waals surface area contributed by atoms with Crippen molar-refractivity contribution in [3.8, 4) is 5.75 Å². The van der Waals surface area contributed by atoms with Crippen LogP contribution >= 0.6 is 23.2 Å². The zero-order valence-electron chi connectivity index (χ0n) is 12.0. The van der Waals surface area contributed by atoms with Gasteiger partial charge in [-0.3, -0.25) is 4.90 Å². The Morgan fingerprint density at radius 2 is 2.19 bits per heavy atom. The molecule has 1 saturated heterocycles. The number of aliphatic hydroxyl groups excluding tert-OH is 2. The topological polar surface area (TPSA) is 52.9 Å². The number of halogens is 2. The molecule has 1 heterocycles. The normalized spacial score (nSPS) is 24.8. The number of aliphatic hydroxyl groups is 2. The maximum atomic E-state index is 10.1. The molecule has 0 radical (unpaired) electrons. The van der Waals surface area contributed by atoms with Crippen LogP contribution in [0.2, 0.25) is 10.0 Å². The molecule has 118 valence electrons. The third-order valence-electron chi connectivity index (χ3n) is 3.80. The molecule has 21 heavy (non-hydrogen) atoms. The molecule has 2 rings (SSSR count). The molecule has 3 unspecified atom stereocenters. The maximum absolute atomic E-state index is 10.1. The lowest BCUT2D eigenvalue weighted by Gasteiger charge is -2.35. The molecule has 0 bridgehead atoms. The number of likely N-dealkylation sites (tertiary alicyclic amines) is 1. The van der Waals surface area contributed by atoms with E-state index >= 15 is 0 Å². The molecule has 0 amide bonds. The molecule has 0 aromatic heterocycles. The third kappa shape index (κ3) is 5.01. The number of piperidine rings is 1. The van der Waals surface area contributed by atoms with Crippen molar-refractivity contribution in [2.24, 2.45) is 5.92 Å². The highest BCUT2D eigenvalue weighted by Crippen LogP contribution is 2.27. The monoisotopic (exact) mass is 333 g/mol. The van der Waals surface area contributed by atoms with Crippen LogP contribution < -0.4 is 4.74 Å². The van der Waals surface area contributed by atoms with E-state index in [-0.39, 0.29) is 12.7 Å². The predicted molar refractivity (Wildman–Crippen MR) is 84.2 cm³/mol. The highest BCUT2D eigenvalue weighted by Gasteiger charge is 2.25. The Balaban J connectivity index is 1.79. The second-order valence-corrected chi connectivity index (χ2v) is 6.48. The molecule has 2 N–H and O–H groups in total. The van der Waals surface area contributed by atoms with Crippen LogP contribution in [0.5, 0.6) is 5.75 Å². The molecule has 1 aromatic carbocycles. The Kier molecular flexibility index (Phi) is 6.14. The number of ether oxygens (including phenoxy) is 1. The fraction of sp³-hybridized carbons (Fsp3) is 0.600. The lowest BCUT2D eigenvalue weighted by atomic mass is 9.96. The van der Waals surface area contributed by atoms with Gasteiger partial charge >= 0.3 is 0 Å². The maximum Gasteiger partial charge on any atom is 0.139 e. The van der Waals surface area contributed by atoms with Crippen LogP contribution in [0.4, 0.5) is 0 Å². The van der Waals surface area contributed by atoms with Crippen molar-refractivity contribution < 1.29 is 14.9 Å². The summed E-state index contributed by atoms with van der Waals surface area (Å²) in [7, 11) is 0. The first kappa shape index (κ1) is 16.8. The second kappa shape index (κ2) is 7.65. The van der Waals surface area contributed by atoms with Crippen molar-refractivity contribution in [1.29, 1.82) is 0 Å². The number of β-amino-alcohol motifs (C(OH)–C–C–N with tert-alkyl or cyclic N) is 2. The molecule has 1 fully saturated rings. The van der Waals surface area contributed by atoms with E-state index in [0.717, 1.165) is 13.0 Å². The molecule has 0 saturated carbocycles. The molecule has 6 heteroatoms. The van der Waals surface area contributed by atoms with Crippen molar-refractivity contribution in [1.82, 2.24) is 4.90 Å². The van der Waals surface area contributed by atoms with Gasteiger partial charge in [-0.15, -0.1) is 0 Å². The van der Waals surface area contributed by atoms with Gasteiger partial charge in [-0.2, -0.15) is 0 Å². The van der Waals surface area contributed by atoms with E-state index in [9.17, 15) is 10.2 Å². The van der Waals surface area contributed by atoms with Gasteiger partial charge in [-0.25, -0.2) is 0 Å². The second-order valence-electron chi connectivity index (χ2n) is 5.63. The zero-order chi connectivity index (χ0) is 15.4. The van der Waals surface area contributed by atoms with Gasteiger partial charge in [-0.1, -0.05) is 30.1 Å². The van der Waals surface area contributed by atoms with Gasteiger partial charge in [-0.05, 0) is 31.0 Å². The Bertz CT molecular complexity index is 472. The molecule has 1 aliphatic heterocycles. The minimum atomic E-state index is -0.638. The minimum Gasteiger partial charge on any atom is -0.489 e. The molecule has 1 aromatic rings. The Morgan fingerprint density at radius 3 is 2.90 bits per heavy atom. The number of hydrogen-bond acceptors (Lipinski definition) is 4. The summed E-state index contributed by atoms with van der Waals surface area (Å²) < 4.78 is 5.51. The average Bonchev–Trinajstić information content (AvgIpc) is 2.44. The lowest BCUT2D eigenvalue weighted by Crippen LogP contribution is -2.46. The summed E-state index contributed by atoms with van der Waals surface area (Å²) in [4.78, 5) is 2.05. The molecule has 0 aliphatic carbocycles. The summed E-state index contributed by atoms with van der Waals surface area (Å²) in [6.45, 7) is 4.14. The number of hydrogen-bond donors (Lipinski definition) is 2. The van der Waals surface area contributed by atoms with Gasteiger partial charge < -0.3 is 14.9 Å². The van der Waals surface area contributed by atoms with Crippen LogP contribution in [-0.2, 0) is 0 Å². The Labute approximate surface area is 135 Å². The largest absolute Gasteiger partial charge is 0.489 e. The van der Waals surface area contributed by atoms with Crippen LogP contribution in [0.25, 0.3) is 0 Å². The van der Waals surface area contributed by atoms with Gasteiger partial charge in [0, 0.05) is 24.2 Å². The summed E-state index contributed by atoms with van der Waals surface area (Å²) >= 11 is 11.9. The first-order chi connectivity index (χ1) is 9.95. The Morgan fingerprint density at radius 1 is 1.43 bits per heavy atom. The summed E-state index contributed by atoms with van der Waals surface area (Å²) in [6, 6.07) is 4.97. The van der Waals surface area contributed by atoms with Crippen LogP contribution in [0.1, 0.15) is 13.3 Å². The van der Waals surface area contributed by atoms with Gasteiger partial charge in [0.1, 0.15) is 18.5 Å². The number of rotatable bonds is 5. The van der Waals surface area contributed by atoms with E-state index in [4.69, 9.17) is 27.9 Å². The van der Waals surface area contributed by atoms with Crippen LogP contribution in [0.15, 0.2) is 18.2 Å². The number of nitrogens with zero attached hydrogens (tertiary/aromatic N) is 1. The van der Waals surface area contributed by atoms with Gasteiger partial charge in [0.15, 0.2) is 0 Å². The van der Waals surface area contributed by atoms with E-state index < -0.39 is 6.10 Å². The first-order valence-corrected chi connectivity index (χ1v) is 7.87. The number of benzene rings is 1. The zero-order valence-corrected chi connectivity index (χ0v) is 13.5. The SMILES string of the molecule is CC1CCN(CC(O)COc2cc(Cl)ccc2Cl)CC1O. The van der Waals surface area contributed by atoms with Crippen molar-refractivity contribution in [2.45, 2.75) is 25.6 Å². The van der Waals surface area contributed by atoms with Crippen LogP contribution in [-0.4, -0.2) is 53.6 Å². The quantitative estimate of drug-likeness (QED) is 0.868. The first-order valence-electron chi connectivity index (χ1n) is 7.12. The van der Waals surface area contributed by atoms with Crippen molar-refractivity contribution in [3.05, 3.63) is 28.2 Å². The van der Waals surface area contributed by atoms with E-state index in [2.05, 4.69) is 4.90 Å². The van der Waals surface area contributed by atoms with E-state index in [1.165, 1.54) is 0 Å². The molecular formula is C15H21Cl2NO3. The summed E-state index contributed by atoms with van der Waals surface area (Å²) in [5.41, 5.74) is 0. The summed E-state index contributed by atoms with van der Waals surface area (Å²) in [6.07, 6.45) is -0.0237. The highest BCUT2D eigenvalue weighted by atomic mass is 35.5. The summed E-state index contributed by atoms with van der Waals surface area (Å²) in [5, 5.41) is 20.9. The fourth-order valence-corrected chi connectivity index (χ4v) is 2.74. The minimum absolute atomic E-state index is 0.141. The smallest absolute Gasteiger partial charge is 0.139 e. The molecule has 1 aliphatic rings. The standard InChI is InChI=1S/C15H21Cl2NO3/c1-10-4-5-18(8-14(10)20)7-12(19)9-21-15-6-11(16)2-3-13(15)17/h2-3,6,10,12,14,19-20H,4-5,7-9H2,1H3. The van der Waals surface area contributed by atoms with Gasteiger partial charge in [0.05, 0.1) is 11.1 Å². The predicted octanol–water partition coefficient (Wildman–Crippen LogP) is 2.44.